The van der Waals surface area contributed by atoms with E-state index in [1.54, 1.807) is 30.5 Å². The summed E-state index contributed by atoms with van der Waals surface area (Å²) >= 11 is 0. The van der Waals surface area contributed by atoms with Gasteiger partial charge in [0.2, 0.25) is 0 Å². The Kier molecular flexibility index (Phi) is 6.88. The van der Waals surface area contributed by atoms with Gasteiger partial charge in [0.25, 0.3) is 0 Å². The molecule has 0 spiro atoms. The van der Waals surface area contributed by atoms with Gasteiger partial charge in [-0.05, 0) is 18.2 Å². The number of nitrogens with zero attached hydrogens (tertiary/aromatic N) is 3. The summed E-state index contributed by atoms with van der Waals surface area (Å²) in [4.78, 5) is 29.1. The molecule has 0 saturated carbocycles. The summed E-state index contributed by atoms with van der Waals surface area (Å²) in [5, 5.41) is 11.2. The first-order valence-electron chi connectivity index (χ1n) is 8.91. The van der Waals surface area contributed by atoms with E-state index in [1.807, 2.05) is 0 Å². The average Bonchev–Trinajstić information content (AvgIpc) is 2.73. The highest BCUT2D eigenvalue weighted by Crippen LogP contribution is 2.26. The minimum Gasteiger partial charge on any atom is -0.483 e. The van der Waals surface area contributed by atoms with E-state index in [2.05, 4.69) is 9.88 Å². The van der Waals surface area contributed by atoms with Crippen molar-refractivity contribution in [1.29, 1.82) is 0 Å². The van der Waals surface area contributed by atoms with Crippen LogP contribution >= 0.6 is 0 Å². The fourth-order valence-electron chi connectivity index (χ4n) is 2.81. The van der Waals surface area contributed by atoms with Crippen molar-refractivity contribution in [3.8, 4) is 5.75 Å². The van der Waals surface area contributed by atoms with E-state index >= 15 is 0 Å². The van der Waals surface area contributed by atoms with Crippen LogP contribution in [0, 0.1) is 10.1 Å². The molecule has 1 unspecified atom stereocenters. The van der Waals surface area contributed by atoms with Crippen molar-refractivity contribution >= 4 is 11.7 Å². The molecule has 1 atom stereocenters. The Hall–Kier alpha value is -3.04. The molecule has 148 valence electrons. The first-order chi connectivity index (χ1) is 13.6. The summed E-state index contributed by atoms with van der Waals surface area (Å²) in [5.74, 6) is -0.380. The van der Waals surface area contributed by atoms with E-state index in [0.717, 1.165) is 0 Å². The quantitative estimate of drug-likeness (QED) is 0.384. The lowest BCUT2D eigenvalue weighted by atomic mass is 10.2. The molecule has 1 aliphatic rings. The van der Waals surface area contributed by atoms with Gasteiger partial charge in [-0.1, -0.05) is 12.1 Å². The third-order valence-corrected chi connectivity index (χ3v) is 4.22. The van der Waals surface area contributed by atoms with E-state index in [0.29, 0.717) is 38.4 Å². The van der Waals surface area contributed by atoms with Crippen LogP contribution < -0.4 is 4.74 Å². The molecule has 0 bridgehead atoms. The van der Waals surface area contributed by atoms with Gasteiger partial charge in [-0.2, -0.15) is 0 Å². The van der Waals surface area contributed by atoms with Gasteiger partial charge in [0.1, 0.15) is 12.7 Å². The molecule has 9 nitrogen and oxygen atoms in total. The Labute approximate surface area is 162 Å². The van der Waals surface area contributed by atoms with E-state index < -0.39 is 17.0 Å². The molecule has 2 aromatic rings. The summed E-state index contributed by atoms with van der Waals surface area (Å²) in [6.45, 7) is 3.08. The number of esters is 1. The average molecular weight is 387 g/mol. The van der Waals surface area contributed by atoms with Crippen molar-refractivity contribution in [2.75, 3.05) is 39.5 Å². The number of hydrogen-bond acceptors (Lipinski definition) is 8. The largest absolute Gasteiger partial charge is 0.483 e. The van der Waals surface area contributed by atoms with Crippen LogP contribution in [0.5, 0.6) is 5.75 Å². The maximum Gasteiger partial charge on any atom is 0.340 e. The minimum atomic E-state index is -0.606. The predicted octanol–water partition coefficient (Wildman–Crippen LogP) is 1.93. The Balaban J connectivity index is 1.68. The number of pyridine rings is 1. The van der Waals surface area contributed by atoms with Gasteiger partial charge in [-0.3, -0.25) is 20.0 Å². The SMILES string of the molecule is O=C(OC(COc1ccccc1[N+](=O)[O-])CN1CCOCC1)c1cccnc1. The molecule has 3 rings (SSSR count). The van der Waals surface area contributed by atoms with Gasteiger partial charge in [-0.25, -0.2) is 4.79 Å². The highest BCUT2D eigenvalue weighted by molar-refractivity contribution is 5.89. The third-order valence-electron chi connectivity index (χ3n) is 4.22. The summed E-state index contributed by atoms with van der Waals surface area (Å²) in [6, 6.07) is 9.38. The highest BCUT2D eigenvalue weighted by Gasteiger charge is 2.23. The number of nitro benzene ring substituents is 1. The van der Waals surface area contributed by atoms with Crippen molar-refractivity contribution in [1.82, 2.24) is 9.88 Å². The van der Waals surface area contributed by atoms with Crippen LogP contribution in [0.3, 0.4) is 0 Å². The summed E-state index contributed by atoms with van der Waals surface area (Å²) < 4.78 is 16.6. The molecule has 0 N–H and O–H groups in total. The van der Waals surface area contributed by atoms with Crippen LogP contribution in [-0.4, -0.2) is 66.3 Å². The minimum absolute atomic E-state index is 0.00574. The number of carbonyl (C=O) groups excluding carboxylic acids is 1. The lowest BCUT2D eigenvalue weighted by molar-refractivity contribution is -0.385. The van der Waals surface area contributed by atoms with Crippen molar-refractivity contribution in [3.63, 3.8) is 0 Å². The number of ether oxygens (including phenoxy) is 3. The van der Waals surface area contributed by atoms with Crippen LogP contribution in [0.25, 0.3) is 0 Å². The molecule has 1 fully saturated rings. The van der Waals surface area contributed by atoms with E-state index in [1.165, 1.54) is 18.3 Å². The van der Waals surface area contributed by atoms with Crippen molar-refractivity contribution in [2.45, 2.75) is 6.10 Å². The zero-order valence-electron chi connectivity index (χ0n) is 15.2. The molecular weight excluding hydrogens is 366 g/mol. The Morgan fingerprint density at radius 2 is 2.04 bits per heavy atom. The molecule has 0 aliphatic carbocycles. The first kappa shape index (κ1) is 19.7. The lowest BCUT2D eigenvalue weighted by Gasteiger charge is -2.30. The maximum absolute atomic E-state index is 12.4. The number of para-hydroxylation sites is 2. The van der Waals surface area contributed by atoms with Gasteiger partial charge in [0, 0.05) is 38.1 Å². The van der Waals surface area contributed by atoms with Gasteiger partial charge >= 0.3 is 11.7 Å². The molecule has 0 amide bonds. The number of rotatable bonds is 8. The molecule has 1 saturated heterocycles. The summed E-state index contributed by atoms with van der Waals surface area (Å²) in [7, 11) is 0. The highest BCUT2D eigenvalue weighted by atomic mass is 16.6. The lowest BCUT2D eigenvalue weighted by Crippen LogP contribution is -2.44. The Bertz CT molecular complexity index is 795. The smallest absolute Gasteiger partial charge is 0.340 e. The molecule has 1 aromatic carbocycles. The van der Waals surface area contributed by atoms with Crippen LogP contribution in [0.2, 0.25) is 0 Å². The normalized spacial score (nSPS) is 15.6. The summed E-state index contributed by atoms with van der Waals surface area (Å²) in [6.07, 6.45) is 2.39. The molecule has 9 heteroatoms. The van der Waals surface area contributed by atoms with Gasteiger partial charge in [0.05, 0.1) is 23.7 Å². The predicted molar refractivity (Wildman–Crippen MR) is 99.3 cm³/mol. The second-order valence-electron chi connectivity index (χ2n) is 6.22. The third kappa shape index (κ3) is 5.48. The molecule has 28 heavy (non-hydrogen) atoms. The summed E-state index contributed by atoms with van der Waals surface area (Å²) in [5.41, 5.74) is 0.200. The van der Waals surface area contributed by atoms with Gasteiger partial charge in [0.15, 0.2) is 5.75 Å². The number of carbonyl (C=O) groups is 1. The van der Waals surface area contributed by atoms with E-state index in [9.17, 15) is 14.9 Å². The molecule has 2 heterocycles. The van der Waals surface area contributed by atoms with Crippen LogP contribution in [-0.2, 0) is 9.47 Å². The molecule has 1 aliphatic heterocycles. The Morgan fingerprint density at radius 3 is 2.75 bits per heavy atom. The van der Waals surface area contributed by atoms with Crippen molar-refractivity contribution in [3.05, 3.63) is 64.5 Å². The number of morpholine rings is 1. The zero-order chi connectivity index (χ0) is 19.8. The first-order valence-corrected chi connectivity index (χ1v) is 8.91. The molecule has 0 radical (unpaired) electrons. The number of aromatic nitrogens is 1. The van der Waals surface area contributed by atoms with Gasteiger partial charge in [-0.15, -0.1) is 0 Å². The second kappa shape index (κ2) is 9.77. The topological polar surface area (TPSA) is 104 Å². The zero-order valence-corrected chi connectivity index (χ0v) is 15.2. The number of hydrogen-bond donors (Lipinski definition) is 0. The molecular formula is C19H21N3O6. The van der Waals surface area contributed by atoms with E-state index in [-0.39, 0.29) is 18.0 Å². The van der Waals surface area contributed by atoms with Crippen molar-refractivity contribution < 1.29 is 23.9 Å². The van der Waals surface area contributed by atoms with Crippen LogP contribution in [0.1, 0.15) is 10.4 Å². The fourth-order valence-corrected chi connectivity index (χ4v) is 2.81. The molecule has 1 aromatic heterocycles. The second-order valence-corrected chi connectivity index (χ2v) is 6.22. The van der Waals surface area contributed by atoms with Crippen LogP contribution in [0.4, 0.5) is 5.69 Å². The van der Waals surface area contributed by atoms with Crippen LogP contribution in [0.15, 0.2) is 48.8 Å². The monoisotopic (exact) mass is 387 g/mol. The number of nitro groups is 1. The van der Waals surface area contributed by atoms with Gasteiger partial charge < -0.3 is 14.2 Å². The maximum atomic E-state index is 12.4. The standard InChI is InChI=1S/C19H21N3O6/c23-19(15-4-3-7-20-12-15)28-16(13-21-8-10-26-11-9-21)14-27-18-6-2-1-5-17(18)22(24)25/h1-7,12,16H,8-11,13-14H2. The number of benzene rings is 1. The van der Waals surface area contributed by atoms with E-state index in [4.69, 9.17) is 14.2 Å². The Morgan fingerprint density at radius 1 is 1.25 bits per heavy atom. The fraction of sp³-hybridized carbons (Fsp3) is 0.368. The van der Waals surface area contributed by atoms with Crippen molar-refractivity contribution in [2.24, 2.45) is 0 Å².